The zero-order chi connectivity index (χ0) is 18.7. The maximum Gasteiger partial charge on any atom is 0.274 e. The predicted octanol–water partition coefficient (Wildman–Crippen LogP) is 4.13. The average Bonchev–Trinajstić information content (AvgIpc) is 3.02. The van der Waals surface area contributed by atoms with Crippen molar-refractivity contribution >= 4 is 22.9 Å². The molecule has 1 aromatic carbocycles. The van der Waals surface area contributed by atoms with E-state index >= 15 is 0 Å². The van der Waals surface area contributed by atoms with Crippen molar-refractivity contribution in [2.45, 2.75) is 27.2 Å². The summed E-state index contributed by atoms with van der Waals surface area (Å²) >= 11 is 0. The van der Waals surface area contributed by atoms with Crippen LogP contribution in [-0.2, 0) is 6.42 Å². The summed E-state index contributed by atoms with van der Waals surface area (Å²) in [5.41, 5.74) is 3.38. The first-order valence-electron chi connectivity index (χ1n) is 8.90. The molecule has 0 bridgehead atoms. The Balaban J connectivity index is 1.88. The minimum atomic E-state index is -0.407. The zero-order valence-electron chi connectivity index (χ0n) is 15.3. The Morgan fingerprint density at radius 2 is 1.81 bits per heavy atom. The molecule has 2 aromatic heterocycles. The van der Waals surface area contributed by atoms with Crippen LogP contribution in [0.1, 0.15) is 37.0 Å². The molecule has 0 saturated carbocycles. The Kier molecular flexibility index (Phi) is 5.21. The van der Waals surface area contributed by atoms with Gasteiger partial charge in [0.1, 0.15) is 17.2 Å². The minimum absolute atomic E-state index is 0.296. The maximum atomic E-state index is 13.6. The molecule has 3 aromatic rings. The van der Waals surface area contributed by atoms with Crippen molar-refractivity contribution in [3.63, 3.8) is 0 Å². The van der Waals surface area contributed by atoms with Gasteiger partial charge in [0, 0.05) is 30.7 Å². The quantitative estimate of drug-likeness (QED) is 0.724. The first-order valence-corrected chi connectivity index (χ1v) is 8.90. The van der Waals surface area contributed by atoms with Gasteiger partial charge in [-0.1, -0.05) is 6.92 Å². The number of hydrogen-bond donors (Lipinski definition) is 1. The first kappa shape index (κ1) is 17.9. The number of halogens is 1. The molecule has 0 unspecified atom stereocenters. The fourth-order valence-corrected chi connectivity index (χ4v) is 3.09. The summed E-state index contributed by atoms with van der Waals surface area (Å²) in [7, 11) is 0. The molecule has 26 heavy (non-hydrogen) atoms. The number of imidazole rings is 1. The zero-order valence-corrected chi connectivity index (χ0v) is 15.3. The highest BCUT2D eigenvalue weighted by Crippen LogP contribution is 2.20. The molecule has 0 radical (unpaired) electrons. The highest BCUT2D eigenvalue weighted by molar-refractivity contribution is 6.04. The van der Waals surface area contributed by atoms with Gasteiger partial charge in [0.05, 0.1) is 5.69 Å². The number of nitrogens with zero attached hydrogens (tertiary/aromatic N) is 3. The number of rotatable bonds is 6. The molecule has 1 amide bonds. The summed E-state index contributed by atoms with van der Waals surface area (Å²) in [5.74, 6) is -0.703. The predicted molar refractivity (Wildman–Crippen MR) is 102 cm³/mol. The normalized spacial score (nSPS) is 10.9. The Hall–Kier alpha value is -2.89. The lowest BCUT2D eigenvalue weighted by atomic mass is 10.2. The Bertz CT molecular complexity index is 913. The molecule has 0 aliphatic carbocycles. The highest BCUT2D eigenvalue weighted by Gasteiger charge is 2.19. The van der Waals surface area contributed by atoms with Crippen LogP contribution in [0, 0.1) is 5.82 Å². The Morgan fingerprint density at radius 1 is 1.12 bits per heavy atom. The topological polar surface area (TPSA) is 49.6 Å². The maximum absolute atomic E-state index is 13.6. The van der Waals surface area contributed by atoms with E-state index in [0.717, 1.165) is 18.8 Å². The second-order valence-corrected chi connectivity index (χ2v) is 6.01. The van der Waals surface area contributed by atoms with Gasteiger partial charge < -0.3 is 10.2 Å². The largest absolute Gasteiger partial charge is 0.372 e. The smallest absolute Gasteiger partial charge is 0.274 e. The molecule has 136 valence electrons. The molecule has 2 heterocycles. The van der Waals surface area contributed by atoms with Crippen LogP contribution in [-0.4, -0.2) is 28.4 Å². The standard InChI is InChI=1S/C20H23FN4O/c1-4-17-19(25-13-14(21)7-12-18(25)23-17)20(26)22-15-8-10-16(11-9-15)24(5-2)6-3/h7-13H,4-6H2,1-3H3,(H,22,26). The third-order valence-electron chi connectivity index (χ3n) is 4.46. The lowest BCUT2D eigenvalue weighted by Gasteiger charge is -2.21. The van der Waals surface area contributed by atoms with Gasteiger partial charge in [0.15, 0.2) is 0 Å². The van der Waals surface area contributed by atoms with Gasteiger partial charge in [-0.15, -0.1) is 0 Å². The molecular formula is C20H23FN4O. The Morgan fingerprint density at radius 3 is 2.42 bits per heavy atom. The van der Waals surface area contributed by atoms with Crippen molar-refractivity contribution in [2.75, 3.05) is 23.3 Å². The SMILES string of the molecule is CCc1nc2ccc(F)cn2c1C(=O)Nc1ccc(N(CC)CC)cc1. The van der Waals surface area contributed by atoms with Crippen LogP contribution >= 0.6 is 0 Å². The van der Waals surface area contributed by atoms with E-state index in [9.17, 15) is 9.18 Å². The van der Waals surface area contributed by atoms with Crippen molar-refractivity contribution in [3.05, 3.63) is 59.8 Å². The average molecular weight is 354 g/mol. The minimum Gasteiger partial charge on any atom is -0.372 e. The number of carbonyl (C=O) groups is 1. The molecule has 6 heteroatoms. The number of benzene rings is 1. The summed E-state index contributed by atoms with van der Waals surface area (Å²) in [5, 5.41) is 2.89. The number of aryl methyl sites for hydroxylation is 1. The van der Waals surface area contributed by atoms with Gasteiger partial charge in [-0.2, -0.15) is 0 Å². The summed E-state index contributed by atoms with van der Waals surface area (Å²) in [4.78, 5) is 19.5. The molecule has 5 nitrogen and oxygen atoms in total. The van der Waals surface area contributed by atoms with E-state index in [0.29, 0.717) is 29.1 Å². The van der Waals surface area contributed by atoms with Crippen molar-refractivity contribution in [2.24, 2.45) is 0 Å². The summed E-state index contributed by atoms with van der Waals surface area (Å²) < 4.78 is 15.1. The number of fused-ring (bicyclic) bond motifs is 1. The van der Waals surface area contributed by atoms with Gasteiger partial charge in [-0.25, -0.2) is 9.37 Å². The van der Waals surface area contributed by atoms with E-state index in [1.807, 2.05) is 31.2 Å². The van der Waals surface area contributed by atoms with Crippen molar-refractivity contribution in [1.29, 1.82) is 0 Å². The van der Waals surface area contributed by atoms with Crippen LogP contribution in [0.4, 0.5) is 15.8 Å². The van der Waals surface area contributed by atoms with Crippen LogP contribution in [0.5, 0.6) is 0 Å². The van der Waals surface area contributed by atoms with Gasteiger partial charge in [0.2, 0.25) is 0 Å². The summed E-state index contributed by atoms with van der Waals surface area (Å²) in [6, 6.07) is 10.6. The molecule has 1 N–H and O–H groups in total. The molecular weight excluding hydrogens is 331 g/mol. The lowest BCUT2D eigenvalue weighted by molar-refractivity contribution is 0.102. The monoisotopic (exact) mass is 354 g/mol. The van der Waals surface area contributed by atoms with Gasteiger partial charge in [0.25, 0.3) is 5.91 Å². The number of anilines is 2. The molecule has 0 atom stereocenters. The van der Waals surface area contributed by atoms with E-state index in [2.05, 4.69) is 29.0 Å². The summed E-state index contributed by atoms with van der Waals surface area (Å²) in [6.45, 7) is 7.99. The Labute approximate surface area is 152 Å². The van der Waals surface area contributed by atoms with Crippen LogP contribution in [0.2, 0.25) is 0 Å². The van der Waals surface area contributed by atoms with E-state index in [1.54, 1.807) is 6.07 Å². The number of pyridine rings is 1. The lowest BCUT2D eigenvalue weighted by Crippen LogP contribution is -2.21. The van der Waals surface area contributed by atoms with E-state index in [1.165, 1.54) is 16.7 Å². The van der Waals surface area contributed by atoms with Crippen molar-refractivity contribution in [3.8, 4) is 0 Å². The second-order valence-electron chi connectivity index (χ2n) is 6.01. The fraction of sp³-hybridized carbons (Fsp3) is 0.300. The van der Waals surface area contributed by atoms with Crippen LogP contribution < -0.4 is 10.2 Å². The van der Waals surface area contributed by atoms with Crippen molar-refractivity contribution in [1.82, 2.24) is 9.38 Å². The van der Waals surface area contributed by atoms with Crippen LogP contribution in [0.15, 0.2) is 42.6 Å². The molecule has 0 aliphatic rings. The molecule has 0 spiro atoms. The van der Waals surface area contributed by atoms with Crippen LogP contribution in [0.25, 0.3) is 5.65 Å². The van der Waals surface area contributed by atoms with Crippen LogP contribution in [0.3, 0.4) is 0 Å². The van der Waals surface area contributed by atoms with E-state index < -0.39 is 5.82 Å². The number of carbonyl (C=O) groups excluding carboxylic acids is 1. The van der Waals surface area contributed by atoms with Gasteiger partial charge in [-0.3, -0.25) is 9.20 Å². The first-order chi connectivity index (χ1) is 12.6. The molecule has 0 saturated heterocycles. The van der Waals surface area contributed by atoms with Gasteiger partial charge >= 0.3 is 0 Å². The highest BCUT2D eigenvalue weighted by atomic mass is 19.1. The second kappa shape index (κ2) is 7.56. The third-order valence-corrected chi connectivity index (χ3v) is 4.46. The fourth-order valence-electron chi connectivity index (χ4n) is 3.09. The number of nitrogens with one attached hydrogen (secondary N) is 1. The molecule has 0 aliphatic heterocycles. The van der Waals surface area contributed by atoms with Gasteiger partial charge in [-0.05, 0) is 56.7 Å². The molecule has 3 rings (SSSR count). The third kappa shape index (κ3) is 3.40. The number of amides is 1. The van der Waals surface area contributed by atoms with Crippen molar-refractivity contribution < 1.29 is 9.18 Å². The van der Waals surface area contributed by atoms with E-state index in [-0.39, 0.29) is 5.91 Å². The number of aromatic nitrogens is 2. The number of hydrogen-bond acceptors (Lipinski definition) is 3. The molecule has 0 fully saturated rings. The van der Waals surface area contributed by atoms with E-state index in [4.69, 9.17) is 0 Å². The summed E-state index contributed by atoms with van der Waals surface area (Å²) in [6.07, 6.45) is 1.88.